The lowest BCUT2D eigenvalue weighted by atomic mass is 9.86. The van der Waals surface area contributed by atoms with E-state index >= 15 is 0 Å². The largest absolute Gasteiger partial charge is 0.493 e. The fourth-order valence-electron chi connectivity index (χ4n) is 3.51. The van der Waals surface area contributed by atoms with Crippen molar-refractivity contribution in [3.05, 3.63) is 95.6 Å². The molecular weight excluding hydrogens is 380 g/mol. The van der Waals surface area contributed by atoms with E-state index in [9.17, 15) is 9.90 Å². The smallest absolute Gasteiger partial charge is 0.333 e. The van der Waals surface area contributed by atoms with Crippen molar-refractivity contribution in [2.24, 2.45) is 0 Å². The molecule has 156 valence electrons. The summed E-state index contributed by atoms with van der Waals surface area (Å²) in [7, 11) is 3.17. The number of hydrogen-bond acceptors (Lipinski definition) is 4. The Morgan fingerprint density at radius 3 is 1.90 bits per heavy atom. The Morgan fingerprint density at radius 2 is 1.40 bits per heavy atom. The van der Waals surface area contributed by atoms with Crippen molar-refractivity contribution in [3.8, 4) is 11.5 Å². The van der Waals surface area contributed by atoms with Gasteiger partial charge in [0.15, 0.2) is 17.6 Å². The molecule has 0 amide bonds. The number of benzene rings is 3. The van der Waals surface area contributed by atoms with E-state index in [-0.39, 0.29) is 6.61 Å². The van der Waals surface area contributed by atoms with Gasteiger partial charge in [-0.2, -0.15) is 0 Å². The highest BCUT2D eigenvalue weighted by Crippen LogP contribution is 2.31. The maximum Gasteiger partial charge on any atom is 0.333 e. The molecule has 0 heterocycles. The summed E-state index contributed by atoms with van der Waals surface area (Å²) in [5.74, 6) is -0.106. The van der Waals surface area contributed by atoms with Gasteiger partial charge in [-0.1, -0.05) is 66.7 Å². The van der Waals surface area contributed by atoms with Crippen LogP contribution >= 0.6 is 0 Å². The van der Waals surface area contributed by atoms with Crippen molar-refractivity contribution < 1.29 is 24.1 Å². The van der Waals surface area contributed by atoms with Crippen LogP contribution in [-0.4, -0.2) is 38.0 Å². The average molecular weight is 406 g/mol. The van der Waals surface area contributed by atoms with Crippen molar-refractivity contribution in [1.82, 2.24) is 0 Å². The Labute approximate surface area is 176 Å². The molecule has 0 spiro atoms. The summed E-state index contributed by atoms with van der Waals surface area (Å²) < 4.78 is 16.5. The van der Waals surface area contributed by atoms with Gasteiger partial charge in [-0.15, -0.1) is 0 Å². The van der Waals surface area contributed by atoms with Crippen molar-refractivity contribution in [2.75, 3.05) is 20.8 Å². The van der Waals surface area contributed by atoms with Crippen LogP contribution in [0.2, 0.25) is 0 Å². The van der Waals surface area contributed by atoms with Gasteiger partial charge in [0, 0.05) is 5.92 Å². The molecule has 0 bridgehead atoms. The highest BCUT2D eigenvalue weighted by atomic mass is 16.5. The van der Waals surface area contributed by atoms with Crippen molar-refractivity contribution >= 4 is 5.97 Å². The Bertz CT molecular complexity index is 901. The van der Waals surface area contributed by atoms with E-state index < -0.39 is 18.0 Å². The highest BCUT2D eigenvalue weighted by molar-refractivity contribution is 5.75. The lowest BCUT2D eigenvalue weighted by Gasteiger charge is -2.25. The molecule has 0 saturated carbocycles. The van der Waals surface area contributed by atoms with E-state index in [1.807, 2.05) is 78.9 Å². The Balaban J connectivity index is 1.79. The SMILES string of the molecule is COc1ccc(CCOC(C(=O)O)C(c2ccccc2)c2ccccc2)cc1OC. The lowest BCUT2D eigenvalue weighted by Crippen LogP contribution is -2.32. The number of carboxylic acid groups (broad SMARTS) is 1. The number of methoxy groups -OCH3 is 2. The number of hydrogen-bond donors (Lipinski definition) is 1. The quantitative estimate of drug-likeness (QED) is 0.535. The summed E-state index contributed by atoms with van der Waals surface area (Å²) in [6.07, 6.45) is -0.449. The van der Waals surface area contributed by atoms with Crippen molar-refractivity contribution in [1.29, 1.82) is 0 Å². The zero-order valence-electron chi connectivity index (χ0n) is 17.2. The molecular formula is C25H26O5. The fraction of sp³-hybridized carbons (Fsp3) is 0.240. The summed E-state index contributed by atoms with van der Waals surface area (Å²) in [5, 5.41) is 9.95. The zero-order chi connectivity index (χ0) is 21.3. The first-order valence-electron chi connectivity index (χ1n) is 9.79. The lowest BCUT2D eigenvalue weighted by molar-refractivity contribution is -0.151. The van der Waals surface area contributed by atoms with Gasteiger partial charge < -0.3 is 19.3 Å². The molecule has 5 nitrogen and oxygen atoms in total. The molecule has 0 radical (unpaired) electrons. The van der Waals surface area contributed by atoms with Crippen molar-refractivity contribution in [3.63, 3.8) is 0 Å². The molecule has 0 aliphatic carbocycles. The van der Waals surface area contributed by atoms with E-state index in [0.717, 1.165) is 16.7 Å². The number of rotatable bonds is 10. The van der Waals surface area contributed by atoms with Gasteiger partial charge in [-0.3, -0.25) is 0 Å². The van der Waals surface area contributed by atoms with Crippen LogP contribution < -0.4 is 9.47 Å². The van der Waals surface area contributed by atoms with Gasteiger partial charge in [-0.25, -0.2) is 4.79 Å². The van der Waals surface area contributed by atoms with Crippen LogP contribution in [0.4, 0.5) is 0 Å². The van der Waals surface area contributed by atoms with E-state index in [1.54, 1.807) is 14.2 Å². The molecule has 0 aliphatic heterocycles. The molecule has 0 fully saturated rings. The molecule has 1 atom stereocenters. The van der Waals surface area contributed by atoms with E-state index in [2.05, 4.69) is 0 Å². The minimum absolute atomic E-state index is 0.266. The highest BCUT2D eigenvalue weighted by Gasteiger charge is 2.31. The first-order chi connectivity index (χ1) is 14.6. The predicted octanol–water partition coefficient (Wildman–Crippen LogP) is 4.55. The first kappa shape index (κ1) is 21.4. The molecule has 0 aliphatic rings. The van der Waals surface area contributed by atoms with Gasteiger partial charge in [0.25, 0.3) is 0 Å². The van der Waals surface area contributed by atoms with Crippen LogP contribution in [0.25, 0.3) is 0 Å². The molecule has 3 aromatic carbocycles. The minimum atomic E-state index is -1.00. The van der Waals surface area contributed by atoms with Gasteiger partial charge in [0.2, 0.25) is 0 Å². The first-order valence-corrected chi connectivity index (χ1v) is 9.79. The third-order valence-electron chi connectivity index (χ3n) is 5.00. The summed E-state index contributed by atoms with van der Waals surface area (Å²) in [4.78, 5) is 12.2. The third-order valence-corrected chi connectivity index (χ3v) is 5.00. The second-order valence-electron chi connectivity index (χ2n) is 6.87. The Kier molecular flexibility index (Phi) is 7.46. The van der Waals surface area contributed by atoms with Gasteiger partial charge in [-0.05, 0) is 35.2 Å². The Morgan fingerprint density at radius 1 is 0.833 bits per heavy atom. The third kappa shape index (κ3) is 5.19. The van der Waals surface area contributed by atoms with E-state index in [1.165, 1.54) is 0 Å². The van der Waals surface area contributed by atoms with Crippen LogP contribution in [0.15, 0.2) is 78.9 Å². The minimum Gasteiger partial charge on any atom is -0.493 e. The molecule has 30 heavy (non-hydrogen) atoms. The topological polar surface area (TPSA) is 65.0 Å². The summed E-state index contributed by atoms with van der Waals surface area (Å²) in [6.45, 7) is 0.266. The fourth-order valence-corrected chi connectivity index (χ4v) is 3.51. The molecule has 0 aromatic heterocycles. The van der Waals surface area contributed by atoms with Crippen LogP contribution in [-0.2, 0) is 16.0 Å². The second kappa shape index (κ2) is 10.5. The molecule has 5 heteroatoms. The normalized spacial score (nSPS) is 11.8. The van der Waals surface area contributed by atoms with E-state index in [0.29, 0.717) is 17.9 Å². The molecule has 1 N–H and O–H groups in total. The van der Waals surface area contributed by atoms with Gasteiger partial charge in [0.05, 0.1) is 20.8 Å². The van der Waals surface area contributed by atoms with Gasteiger partial charge >= 0.3 is 5.97 Å². The average Bonchev–Trinajstić information content (AvgIpc) is 2.79. The number of aliphatic carboxylic acids is 1. The molecule has 3 rings (SSSR count). The van der Waals surface area contributed by atoms with Crippen LogP contribution in [0.5, 0.6) is 11.5 Å². The molecule has 0 saturated heterocycles. The number of carboxylic acids is 1. The maximum absolute atomic E-state index is 12.2. The summed E-state index contributed by atoms with van der Waals surface area (Å²) in [6, 6.07) is 24.9. The molecule has 1 unspecified atom stereocenters. The molecule has 3 aromatic rings. The van der Waals surface area contributed by atoms with E-state index in [4.69, 9.17) is 14.2 Å². The number of carbonyl (C=O) groups is 1. The standard InChI is InChI=1S/C25H26O5/c1-28-21-14-13-18(17-22(21)29-2)15-16-30-24(25(26)27)23(19-9-5-3-6-10-19)20-11-7-4-8-12-20/h3-14,17,23-24H,15-16H2,1-2H3,(H,26,27). The summed E-state index contributed by atoms with van der Waals surface area (Å²) >= 11 is 0. The second-order valence-corrected chi connectivity index (χ2v) is 6.87. The predicted molar refractivity (Wildman–Crippen MR) is 115 cm³/mol. The van der Waals surface area contributed by atoms with Crippen LogP contribution in [0, 0.1) is 0 Å². The summed E-state index contributed by atoms with van der Waals surface area (Å²) in [5.41, 5.74) is 2.79. The van der Waals surface area contributed by atoms with Crippen molar-refractivity contribution in [2.45, 2.75) is 18.4 Å². The maximum atomic E-state index is 12.2. The van der Waals surface area contributed by atoms with Crippen LogP contribution in [0.1, 0.15) is 22.6 Å². The monoisotopic (exact) mass is 406 g/mol. The Hall–Kier alpha value is -3.31. The number of ether oxygens (including phenoxy) is 3. The zero-order valence-corrected chi connectivity index (χ0v) is 17.2. The van der Waals surface area contributed by atoms with Crippen LogP contribution in [0.3, 0.4) is 0 Å². The van der Waals surface area contributed by atoms with Gasteiger partial charge in [0.1, 0.15) is 0 Å².